The Morgan fingerprint density at radius 1 is 1.35 bits per heavy atom. The van der Waals surface area contributed by atoms with E-state index >= 15 is 0 Å². The van der Waals surface area contributed by atoms with E-state index in [1.54, 1.807) is 0 Å². The molecule has 4 rings (SSSR count). The molecule has 0 bridgehead atoms. The van der Waals surface area contributed by atoms with Gasteiger partial charge in [-0.3, -0.25) is 4.90 Å². The average molecular weight is 313 g/mol. The van der Waals surface area contributed by atoms with Crippen molar-refractivity contribution >= 4 is 5.82 Å². The quantitative estimate of drug-likeness (QED) is 0.884. The van der Waals surface area contributed by atoms with Crippen LogP contribution in [-0.2, 0) is 0 Å². The molecule has 2 atom stereocenters. The third kappa shape index (κ3) is 3.37. The summed E-state index contributed by atoms with van der Waals surface area (Å²) in [5.74, 6) is 3.80. The first kappa shape index (κ1) is 14.6. The summed E-state index contributed by atoms with van der Waals surface area (Å²) in [7, 11) is 0. The molecule has 6 heteroatoms. The van der Waals surface area contributed by atoms with Crippen molar-refractivity contribution in [3.05, 3.63) is 36.1 Å². The van der Waals surface area contributed by atoms with Crippen LogP contribution in [0.2, 0.25) is 0 Å². The minimum Gasteiger partial charge on any atom is -0.370 e. The predicted octanol–water partition coefficient (Wildman–Crippen LogP) is 2.84. The lowest BCUT2D eigenvalue weighted by atomic mass is 10.1. The lowest BCUT2D eigenvalue weighted by Gasteiger charge is -2.21. The number of pyridine rings is 1. The van der Waals surface area contributed by atoms with Crippen molar-refractivity contribution in [1.29, 1.82) is 0 Å². The largest absolute Gasteiger partial charge is 0.370 e. The number of hydrogen-bond donors (Lipinski definition) is 1. The van der Waals surface area contributed by atoms with E-state index in [2.05, 4.69) is 32.3 Å². The maximum absolute atomic E-state index is 5.48. The number of anilines is 1. The van der Waals surface area contributed by atoms with Gasteiger partial charge in [0.25, 0.3) is 0 Å². The van der Waals surface area contributed by atoms with Crippen LogP contribution in [-0.4, -0.2) is 39.7 Å². The molecule has 6 nitrogen and oxygen atoms in total. The monoisotopic (exact) mass is 313 g/mol. The van der Waals surface area contributed by atoms with Crippen molar-refractivity contribution in [2.24, 2.45) is 5.92 Å². The van der Waals surface area contributed by atoms with Gasteiger partial charge in [-0.1, -0.05) is 11.2 Å². The Hall–Kier alpha value is -1.95. The van der Waals surface area contributed by atoms with Crippen LogP contribution in [0.5, 0.6) is 0 Å². The molecule has 0 aromatic carbocycles. The van der Waals surface area contributed by atoms with Gasteiger partial charge in [0.2, 0.25) is 5.89 Å². The van der Waals surface area contributed by atoms with Crippen LogP contribution >= 0.6 is 0 Å². The molecule has 122 valence electrons. The Morgan fingerprint density at radius 3 is 3.04 bits per heavy atom. The second-order valence-electron chi connectivity index (χ2n) is 6.69. The van der Waals surface area contributed by atoms with Crippen LogP contribution in [0.4, 0.5) is 5.82 Å². The third-order valence-electron chi connectivity index (χ3n) is 4.86. The van der Waals surface area contributed by atoms with E-state index in [0.29, 0.717) is 11.8 Å². The molecule has 2 aromatic rings. The zero-order chi connectivity index (χ0) is 15.6. The summed E-state index contributed by atoms with van der Waals surface area (Å²) in [6.45, 7) is 5.26. The smallest absolute Gasteiger partial charge is 0.243 e. The molecule has 1 saturated carbocycles. The predicted molar refractivity (Wildman–Crippen MR) is 87.1 cm³/mol. The molecule has 2 unspecified atom stereocenters. The highest BCUT2D eigenvalue weighted by molar-refractivity contribution is 5.33. The zero-order valence-corrected chi connectivity index (χ0v) is 13.5. The van der Waals surface area contributed by atoms with E-state index in [-0.39, 0.29) is 6.04 Å². The van der Waals surface area contributed by atoms with Crippen molar-refractivity contribution in [2.75, 3.05) is 25.0 Å². The summed E-state index contributed by atoms with van der Waals surface area (Å²) in [5.41, 5.74) is 0. The maximum Gasteiger partial charge on any atom is 0.243 e. The van der Waals surface area contributed by atoms with E-state index in [9.17, 15) is 0 Å². The second kappa shape index (κ2) is 6.28. The highest BCUT2D eigenvalue weighted by Crippen LogP contribution is 2.39. The van der Waals surface area contributed by atoms with Crippen molar-refractivity contribution in [2.45, 2.75) is 38.1 Å². The molecular formula is C17H23N5O. The van der Waals surface area contributed by atoms with Gasteiger partial charge in [-0.05, 0) is 50.8 Å². The molecule has 1 aliphatic heterocycles. The molecule has 0 radical (unpaired) electrons. The van der Waals surface area contributed by atoms with Gasteiger partial charge in [0, 0.05) is 25.2 Å². The minimum atomic E-state index is 0.204. The zero-order valence-electron chi connectivity index (χ0n) is 13.5. The van der Waals surface area contributed by atoms with Crippen LogP contribution in [0.1, 0.15) is 49.9 Å². The molecule has 1 aliphatic carbocycles. The summed E-state index contributed by atoms with van der Waals surface area (Å²) in [4.78, 5) is 11.3. The molecule has 2 fully saturated rings. The summed E-state index contributed by atoms with van der Waals surface area (Å²) < 4.78 is 5.48. The van der Waals surface area contributed by atoms with Crippen LogP contribution in [0.15, 0.2) is 28.9 Å². The fourth-order valence-corrected chi connectivity index (χ4v) is 3.18. The topological polar surface area (TPSA) is 67.1 Å². The maximum atomic E-state index is 5.48. The van der Waals surface area contributed by atoms with Crippen molar-refractivity contribution in [3.63, 3.8) is 0 Å². The molecule has 23 heavy (non-hydrogen) atoms. The fourth-order valence-electron chi connectivity index (χ4n) is 3.18. The third-order valence-corrected chi connectivity index (χ3v) is 4.86. The minimum absolute atomic E-state index is 0.204. The Morgan fingerprint density at radius 2 is 2.26 bits per heavy atom. The molecule has 3 heterocycles. The van der Waals surface area contributed by atoms with Crippen LogP contribution in [0.3, 0.4) is 0 Å². The number of likely N-dealkylation sites (tertiary alicyclic amines) is 1. The molecule has 1 N–H and O–H groups in total. The van der Waals surface area contributed by atoms with E-state index in [1.165, 1.54) is 19.3 Å². The Labute approximate surface area is 136 Å². The van der Waals surface area contributed by atoms with Gasteiger partial charge in [0.05, 0.1) is 6.04 Å². The summed E-state index contributed by atoms with van der Waals surface area (Å²) in [6.07, 6.45) is 5.42. The van der Waals surface area contributed by atoms with Gasteiger partial charge >= 0.3 is 0 Å². The van der Waals surface area contributed by atoms with Gasteiger partial charge < -0.3 is 9.84 Å². The van der Waals surface area contributed by atoms with Crippen LogP contribution in [0, 0.1) is 5.92 Å². The van der Waals surface area contributed by atoms with Crippen molar-refractivity contribution < 1.29 is 4.52 Å². The molecule has 2 aromatic heterocycles. The molecule has 2 aliphatic rings. The highest BCUT2D eigenvalue weighted by Gasteiger charge is 2.32. The number of rotatable bonds is 6. The summed E-state index contributed by atoms with van der Waals surface area (Å²) in [6, 6.07) is 6.15. The Bertz CT molecular complexity index is 639. The van der Waals surface area contributed by atoms with Crippen LogP contribution < -0.4 is 5.32 Å². The summed E-state index contributed by atoms with van der Waals surface area (Å²) >= 11 is 0. The van der Waals surface area contributed by atoms with E-state index in [4.69, 9.17) is 4.52 Å². The first-order valence-corrected chi connectivity index (χ1v) is 8.52. The van der Waals surface area contributed by atoms with Gasteiger partial charge in [-0.15, -0.1) is 0 Å². The lowest BCUT2D eigenvalue weighted by molar-refractivity contribution is 0.203. The van der Waals surface area contributed by atoms with Gasteiger partial charge in [-0.25, -0.2) is 4.98 Å². The first-order valence-electron chi connectivity index (χ1n) is 8.52. The average Bonchev–Trinajstić information content (AvgIpc) is 3.14. The molecular weight excluding hydrogens is 290 g/mol. The van der Waals surface area contributed by atoms with Gasteiger partial charge in [0.1, 0.15) is 5.82 Å². The standard InChI is InChI=1S/C17H23N5O/c1-12(17-20-16(21-23-17)14-5-6-14)22-9-7-13(11-22)10-19-15-4-2-3-8-18-15/h2-4,8,12-14H,5-7,9-11H2,1H3,(H,18,19). The fraction of sp³-hybridized carbons (Fsp3) is 0.588. The molecule has 0 amide bonds. The number of hydrogen-bond acceptors (Lipinski definition) is 6. The van der Waals surface area contributed by atoms with Gasteiger partial charge in [-0.2, -0.15) is 4.98 Å². The number of nitrogens with zero attached hydrogens (tertiary/aromatic N) is 4. The molecule has 0 spiro atoms. The lowest BCUT2D eigenvalue weighted by Crippen LogP contribution is -2.26. The second-order valence-corrected chi connectivity index (χ2v) is 6.69. The van der Waals surface area contributed by atoms with Crippen molar-refractivity contribution in [3.8, 4) is 0 Å². The van der Waals surface area contributed by atoms with Crippen LogP contribution in [0.25, 0.3) is 0 Å². The number of aromatic nitrogens is 3. The van der Waals surface area contributed by atoms with E-state index in [1.807, 2.05) is 24.4 Å². The summed E-state index contributed by atoms with van der Waals surface area (Å²) in [5, 5.41) is 7.56. The molecule has 1 saturated heterocycles. The van der Waals surface area contributed by atoms with E-state index in [0.717, 1.165) is 37.2 Å². The SMILES string of the molecule is CC(c1nc(C2CC2)no1)N1CCC(CNc2ccccn2)C1. The Kier molecular flexibility index (Phi) is 3.99. The van der Waals surface area contributed by atoms with Crippen molar-refractivity contribution in [1.82, 2.24) is 20.0 Å². The van der Waals surface area contributed by atoms with Gasteiger partial charge in [0.15, 0.2) is 5.82 Å². The normalized spacial score (nSPS) is 23.1. The first-order chi connectivity index (χ1) is 11.3. The van der Waals surface area contributed by atoms with E-state index < -0.39 is 0 Å². The number of nitrogens with one attached hydrogen (secondary N) is 1. The Balaban J connectivity index is 1.30. The highest BCUT2D eigenvalue weighted by atomic mass is 16.5.